The van der Waals surface area contributed by atoms with Crippen LogP contribution in [0.5, 0.6) is 0 Å². The molecule has 0 amide bonds. The highest BCUT2D eigenvalue weighted by Crippen LogP contribution is 2.30. The van der Waals surface area contributed by atoms with Gasteiger partial charge in [0.2, 0.25) is 0 Å². The molecule has 0 fully saturated rings. The molecule has 26 heavy (non-hydrogen) atoms. The van der Waals surface area contributed by atoms with Crippen molar-refractivity contribution < 1.29 is 13.9 Å². The van der Waals surface area contributed by atoms with Gasteiger partial charge in [-0.2, -0.15) is 0 Å². The van der Waals surface area contributed by atoms with Crippen molar-refractivity contribution in [3.8, 4) is 0 Å². The lowest BCUT2D eigenvalue weighted by Crippen LogP contribution is -2.23. The molecule has 0 spiro atoms. The highest BCUT2D eigenvalue weighted by atomic mass is 32.2. The minimum absolute atomic E-state index is 0.309. The van der Waals surface area contributed by atoms with Gasteiger partial charge >= 0.3 is 5.97 Å². The molecular formula is C21H27FO2SSi. The summed E-state index contributed by atoms with van der Waals surface area (Å²) in [6.45, 7) is 10.7. The zero-order valence-electron chi connectivity index (χ0n) is 16.2. The molecule has 0 aliphatic heterocycles. The first-order valence-corrected chi connectivity index (χ1v) is 13.5. The summed E-state index contributed by atoms with van der Waals surface area (Å²) in [7, 11) is -1.29. The molecule has 140 valence electrons. The van der Waals surface area contributed by atoms with E-state index in [-0.39, 0.29) is 5.82 Å². The van der Waals surface area contributed by atoms with Crippen molar-refractivity contribution in [1.29, 1.82) is 0 Å². The lowest BCUT2D eigenvalue weighted by atomic mass is 9.99. The summed E-state index contributed by atoms with van der Waals surface area (Å²) >= 11 is 1.52. The van der Waals surface area contributed by atoms with Crippen LogP contribution in [0.2, 0.25) is 25.7 Å². The largest absolute Gasteiger partial charge is 0.462 e. The number of carbonyl (C=O) groups excluding carboxylic acids is 1. The standard InChI is InChI=1S/C21H27FO2SSi/c1-15-13-16(2)20(22)18(14-25-17-9-7-6-8-10-17)19(15)21(23)24-11-12-26(3,4)5/h6-10,13H,11-12,14H2,1-5H3. The Bertz CT molecular complexity index is 770. The van der Waals surface area contributed by atoms with Crippen molar-refractivity contribution in [2.24, 2.45) is 0 Å². The highest BCUT2D eigenvalue weighted by molar-refractivity contribution is 7.98. The van der Waals surface area contributed by atoms with E-state index in [1.807, 2.05) is 37.3 Å². The molecule has 0 N–H and O–H groups in total. The Morgan fingerprint density at radius 3 is 2.38 bits per heavy atom. The van der Waals surface area contributed by atoms with Crippen molar-refractivity contribution >= 4 is 25.8 Å². The van der Waals surface area contributed by atoms with Crippen molar-refractivity contribution in [3.63, 3.8) is 0 Å². The van der Waals surface area contributed by atoms with E-state index in [9.17, 15) is 9.18 Å². The minimum atomic E-state index is -1.29. The number of aryl methyl sites for hydroxylation is 2. The Kier molecular flexibility index (Phi) is 7.06. The summed E-state index contributed by atoms with van der Waals surface area (Å²) in [5.74, 6) is -0.323. The van der Waals surface area contributed by atoms with Gasteiger partial charge in [0.05, 0.1) is 12.2 Å². The van der Waals surface area contributed by atoms with Crippen LogP contribution in [0.3, 0.4) is 0 Å². The molecule has 0 saturated heterocycles. The predicted molar refractivity (Wildman–Crippen MR) is 110 cm³/mol. The fraction of sp³-hybridized carbons (Fsp3) is 0.381. The van der Waals surface area contributed by atoms with E-state index in [0.29, 0.717) is 29.1 Å². The fourth-order valence-electron chi connectivity index (χ4n) is 2.66. The van der Waals surface area contributed by atoms with Gasteiger partial charge in [-0.3, -0.25) is 0 Å². The number of hydrogen-bond donors (Lipinski definition) is 0. The summed E-state index contributed by atoms with van der Waals surface area (Å²) < 4.78 is 20.3. The quantitative estimate of drug-likeness (QED) is 0.318. The second kappa shape index (κ2) is 8.87. The molecule has 0 radical (unpaired) electrons. The summed E-state index contributed by atoms with van der Waals surface area (Å²) in [6, 6.07) is 12.4. The summed E-state index contributed by atoms with van der Waals surface area (Å²) in [6.07, 6.45) is 0. The van der Waals surface area contributed by atoms with E-state index in [1.165, 1.54) is 11.8 Å². The van der Waals surface area contributed by atoms with Crippen molar-refractivity contribution in [3.05, 3.63) is 64.5 Å². The molecule has 2 nitrogen and oxygen atoms in total. The van der Waals surface area contributed by atoms with E-state index < -0.39 is 14.0 Å². The normalized spacial score (nSPS) is 11.5. The number of esters is 1. The van der Waals surface area contributed by atoms with Crippen LogP contribution in [0.15, 0.2) is 41.3 Å². The number of ether oxygens (including phenoxy) is 1. The first kappa shape index (κ1) is 20.7. The third kappa shape index (κ3) is 5.71. The van der Waals surface area contributed by atoms with Gasteiger partial charge in [-0.1, -0.05) is 43.9 Å². The van der Waals surface area contributed by atoms with Crippen LogP contribution in [0.25, 0.3) is 0 Å². The average Bonchev–Trinajstić information content (AvgIpc) is 2.56. The molecule has 0 saturated carbocycles. The van der Waals surface area contributed by atoms with Crippen molar-refractivity contribution in [2.75, 3.05) is 6.61 Å². The maximum Gasteiger partial charge on any atom is 0.338 e. The maximum atomic E-state index is 14.8. The van der Waals surface area contributed by atoms with Gasteiger partial charge in [-0.25, -0.2) is 9.18 Å². The monoisotopic (exact) mass is 390 g/mol. The van der Waals surface area contributed by atoms with E-state index >= 15 is 0 Å². The molecule has 0 atom stereocenters. The summed E-state index contributed by atoms with van der Waals surface area (Å²) in [4.78, 5) is 13.7. The first-order chi connectivity index (χ1) is 12.2. The lowest BCUT2D eigenvalue weighted by molar-refractivity contribution is 0.0522. The third-order valence-corrected chi connectivity index (χ3v) is 6.90. The van der Waals surface area contributed by atoms with Crippen LogP contribution < -0.4 is 0 Å². The first-order valence-electron chi connectivity index (χ1n) is 8.82. The Morgan fingerprint density at radius 2 is 1.77 bits per heavy atom. The number of halogens is 1. The third-order valence-electron chi connectivity index (χ3n) is 4.16. The smallest absolute Gasteiger partial charge is 0.338 e. The van der Waals surface area contributed by atoms with E-state index in [0.717, 1.165) is 16.5 Å². The van der Waals surface area contributed by atoms with E-state index in [4.69, 9.17) is 4.74 Å². The highest BCUT2D eigenvalue weighted by Gasteiger charge is 2.22. The van der Waals surface area contributed by atoms with Crippen LogP contribution in [0, 0.1) is 19.7 Å². The number of hydrogen-bond acceptors (Lipinski definition) is 3. The molecule has 2 rings (SSSR count). The molecule has 0 aliphatic rings. The number of benzene rings is 2. The van der Waals surface area contributed by atoms with Crippen molar-refractivity contribution in [2.45, 2.75) is 50.2 Å². The molecule has 2 aromatic rings. The van der Waals surface area contributed by atoms with E-state index in [1.54, 1.807) is 13.0 Å². The van der Waals surface area contributed by atoms with Gasteiger partial charge in [0, 0.05) is 24.3 Å². The number of carbonyl (C=O) groups is 1. The zero-order chi connectivity index (χ0) is 19.3. The van der Waals surface area contributed by atoms with Gasteiger partial charge < -0.3 is 4.74 Å². The Balaban J connectivity index is 2.23. The molecule has 0 bridgehead atoms. The van der Waals surface area contributed by atoms with Crippen LogP contribution >= 0.6 is 11.8 Å². The molecule has 0 heterocycles. The van der Waals surface area contributed by atoms with E-state index in [2.05, 4.69) is 19.6 Å². The van der Waals surface area contributed by atoms with Crippen LogP contribution in [-0.2, 0) is 10.5 Å². The summed E-state index contributed by atoms with van der Waals surface area (Å²) in [5.41, 5.74) is 2.15. The van der Waals surface area contributed by atoms with Gasteiger partial charge in [0.1, 0.15) is 5.82 Å². The minimum Gasteiger partial charge on any atom is -0.462 e. The number of rotatable bonds is 7. The Hall–Kier alpha value is -1.59. The molecule has 0 aromatic heterocycles. The topological polar surface area (TPSA) is 26.3 Å². The van der Waals surface area contributed by atoms with Crippen molar-refractivity contribution in [1.82, 2.24) is 0 Å². The van der Waals surface area contributed by atoms with Gasteiger partial charge in [-0.15, -0.1) is 11.8 Å². The molecule has 0 unspecified atom stereocenters. The Morgan fingerprint density at radius 1 is 1.12 bits per heavy atom. The van der Waals surface area contributed by atoms with Crippen LogP contribution in [0.4, 0.5) is 4.39 Å². The van der Waals surface area contributed by atoms with Gasteiger partial charge in [-0.05, 0) is 43.2 Å². The lowest BCUT2D eigenvalue weighted by Gasteiger charge is -2.18. The van der Waals surface area contributed by atoms with Gasteiger partial charge in [0.15, 0.2) is 0 Å². The second-order valence-electron chi connectivity index (χ2n) is 7.73. The molecule has 0 aliphatic carbocycles. The predicted octanol–water partition coefficient (Wildman–Crippen LogP) is 6.23. The number of thioether (sulfide) groups is 1. The second-order valence-corrected chi connectivity index (χ2v) is 14.4. The van der Waals surface area contributed by atoms with Gasteiger partial charge in [0.25, 0.3) is 0 Å². The van der Waals surface area contributed by atoms with Crippen LogP contribution in [0.1, 0.15) is 27.0 Å². The zero-order valence-corrected chi connectivity index (χ0v) is 18.0. The average molecular weight is 391 g/mol. The van der Waals surface area contributed by atoms with Crippen LogP contribution in [-0.4, -0.2) is 20.7 Å². The maximum absolute atomic E-state index is 14.8. The summed E-state index contributed by atoms with van der Waals surface area (Å²) in [5, 5.41) is 0. The molecular weight excluding hydrogens is 363 g/mol. The molecule has 2 aromatic carbocycles. The Labute approximate surface area is 161 Å². The molecule has 5 heteroatoms. The SMILES string of the molecule is Cc1cc(C)c(C(=O)OCC[Si](C)(C)C)c(CSc2ccccc2)c1F. The fourth-order valence-corrected chi connectivity index (χ4v) is 4.31.